The average Bonchev–Trinajstić information content (AvgIpc) is 2.11. The van der Waals surface area contributed by atoms with Crippen LogP contribution in [-0.4, -0.2) is 36.1 Å². The van der Waals surface area contributed by atoms with Gasteiger partial charge in [-0.15, -0.1) is 23.2 Å². The summed E-state index contributed by atoms with van der Waals surface area (Å²) in [7, 11) is 0. The molecule has 0 aliphatic carbocycles. The van der Waals surface area contributed by atoms with Gasteiger partial charge in [-0.1, -0.05) is 0 Å². The fourth-order valence-corrected chi connectivity index (χ4v) is 1.31. The van der Waals surface area contributed by atoms with Gasteiger partial charge in [0.05, 0.1) is 12.2 Å². The van der Waals surface area contributed by atoms with E-state index in [0.29, 0.717) is 18.4 Å². The van der Waals surface area contributed by atoms with Crippen LogP contribution in [0, 0.1) is 0 Å². The molecule has 2 nitrogen and oxygen atoms in total. The van der Waals surface area contributed by atoms with E-state index in [1.807, 2.05) is 27.7 Å². The van der Waals surface area contributed by atoms with Crippen molar-refractivity contribution >= 4 is 23.2 Å². The third-order valence-electron chi connectivity index (χ3n) is 1.78. The minimum absolute atomic E-state index is 0.0833. The predicted molar refractivity (Wildman–Crippen MR) is 63.6 cm³/mol. The van der Waals surface area contributed by atoms with Gasteiger partial charge in [-0.25, -0.2) is 0 Å². The van der Waals surface area contributed by atoms with Crippen molar-refractivity contribution in [3.8, 4) is 0 Å². The van der Waals surface area contributed by atoms with Crippen LogP contribution in [0.2, 0.25) is 0 Å². The van der Waals surface area contributed by atoms with Gasteiger partial charge in [-0.05, 0) is 27.7 Å². The SMILES string of the molecule is CC(CCl)(CCl)NCCOC(C)(C)C. The van der Waals surface area contributed by atoms with Crippen molar-refractivity contribution in [1.29, 1.82) is 0 Å². The molecule has 0 atom stereocenters. The minimum Gasteiger partial charge on any atom is -0.375 e. The lowest BCUT2D eigenvalue weighted by Gasteiger charge is -2.27. The quantitative estimate of drug-likeness (QED) is 0.571. The van der Waals surface area contributed by atoms with Crippen molar-refractivity contribution in [3.05, 3.63) is 0 Å². The summed E-state index contributed by atoms with van der Waals surface area (Å²) in [5.74, 6) is 1.01. The highest BCUT2D eigenvalue weighted by Crippen LogP contribution is 2.09. The van der Waals surface area contributed by atoms with Gasteiger partial charge in [-0.3, -0.25) is 0 Å². The third-order valence-corrected chi connectivity index (χ3v) is 2.96. The summed E-state index contributed by atoms with van der Waals surface area (Å²) >= 11 is 11.6. The number of rotatable bonds is 6. The lowest BCUT2D eigenvalue weighted by molar-refractivity contribution is -0.00244. The molecule has 0 aliphatic rings. The molecule has 0 aromatic heterocycles. The standard InChI is InChI=1S/C10H21Cl2NO/c1-9(2,3)14-6-5-13-10(4,7-11)8-12/h13H,5-8H2,1-4H3. The Morgan fingerprint density at radius 3 is 1.93 bits per heavy atom. The Morgan fingerprint density at radius 1 is 1.07 bits per heavy atom. The molecule has 0 aromatic carbocycles. The van der Waals surface area contributed by atoms with Gasteiger partial charge in [0.1, 0.15) is 0 Å². The first-order chi connectivity index (χ1) is 6.33. The molecule has 0 heterocycles. The molecule has 0 radical (unpaired) electrons. The summed E-state index contributed by atoms with van der Waals surface area (Å²) < 4.78 is 5.57. The maximum absolute atomic E-state index is 5.79. The average molecular weight is 242 g/mol. The normalized spacial score (nSPS) is 13.3. The first-order valence-electron chi connectivity index (χ1n) is 4.84. The molecular weight excluding hydrogens is 221 g/mol. The zero-order valence-electron chi connectivity index (χ0n) is 9.49. The van der Waals surface area contributed by atoms with E-state index in [2.05, 4.69) is 5.32 Å². The molecule has 0 fully saturated rings. The van der Waals surface area contributed by atoms with Crippen molar-refractivity contribution < 1.29 is 4.74 Å². The lowest BCUT2D eigenvalue weighted by Crippen LogP contribution is -2.47. The molecular formula is C10H21Cl2NO. The van der Waals surface area contributed by atoms with Crippen LogP contribution in [-0.2, 0) is 4.74 Å². The van der Waals surface area contributed by atoms with E-state index in [-0.39, 0.29) is 11.1 Å². The Hall–Kier alpha value is 0.500. The molecule has 0 aliphatic heterocycles. The smallest absolute Gasteiger partial charge is 0.0599 e. The second-order valence-corrected chi connectivity index (χ2v) is 5.25. The number of nitrogens with one attached hydrogen (secondary N) is 1. The van der Waals surface area contributed by atoms with Crippen LogP contribution >= 0.6 is 23.2 Å². The van der Waals surface area contributed by atoms with E-state index in [1.165, 1.54) is 0 Å². The molecule has 0 saturated carbocycles. The molecule has 0 bridgehead atoms. The number of ether oxygens (including phenoxy) is 1. The predicted octanol–water partition coefficient (Wildman–Crippen LogP) is 2.63. The van der Waals surface area contributed by atoms with Crippen LogP contribution in [0.1, 0.15) is 27.7 Å². The highest BCUT2D eigenvalue weighted by molar-refractivity contribution is 6.22. The van der Waals surface area contributed by atoms with Crippen LogP contribution in [0.3, 0.4) is 0 Å². The molecule has 0 saturated heterocycles. The zero-order valence-corrected chi connectivity index (χ0v) is 11.0. The third kappa shape index (κ3) is 6.88. The van der Waals surface area contributed by atoms with Crippen LogP contribution in [0.4, 0.5) is 0 Å². The molecule has 0 unspecified atom stereocenters. The van der Waals surface area contributed by atoms with Gasteiger partial charge in [0.25, 0.3) is 0 Å². The maximum atomic E-state index is 5.79. The second kappa shape index (κ2) is 6.16. The molecule has 0 rings (SSSR count). The van der Waals surface area contributed by atoms with Crippen molar-refractivity contribution in [1.82, 2.24) is 5.32 Å². The maximum Gasteiger partial charge on any atom is 0.0599 e. The van der Waals surface area contributed by atoms with E-state index < -0.39 is 0 Å². The Morgan fingerprint density at radius 2 is 1.57 bits per heavy atom. The Kier molecular flexibility index (Phi) is 6.38. The van der Waals surface area contributed by atoms with Crippen molar-refractivity contribution in [2.45, 2.75) is 38.8 Å². The van der Waals surface area contributed by atoms with Crippen LogP contribution in [0.15, 0.2) is 0 Å². The zero-order chi connectivity index (χ0) is 11.2. The number of hydrogen-bond acceptors (Lipinski definition) is 2. The number of halogens is 2. The monoisotopic (exact) mass is 241 g/mol. The van der Waals surface area contributed by atoms with Gasteiger partial charge in [0.15, 0.2) is 0 Å². The second-order valence-electron chi connectivity index (χ2n) is 4.72. The molecule has 14 heavy (non-hydrogen) atoms. The van der Waals surface area contributed by atoms with E-state index in [4.69, 9.17) is 27.9 Å². The highest BCUT2D eigenvalue weighted by atomic mass is 35.5. The van der Waals surface area contributed by atoms with Crippen LogP contribution < -0.4 is 5.32 Å². The molecule has 86 valence electrons. The minimum atomic E-state index is -0.190. The molecule has 0 spiro atoms. The summed E-state index contributed by atoms with van der Waals surface area (Å²) in [5.41, 5.74) is -0.273. The number of alkyl halides is 2. The molecule has 0 aromatic rings. The largest absolute Gasteiger partial charge is 0.375 e. The van der Waals surface area contributed by atoms with E-state index in [1.54, 1.807) is 0 Å². The number of hydrogen-bond donors (Lipinski definition) is 1. The summed E-state index contributed by atoms with van der Waals surface area (Å²) in [6.07, 6.45) is 0. The highest BCUT2D eigenvalue weighted by Gasteiger charge is 2.20. The van der Waals surface area contributed by atoms with Gasteiger partial charge < -0.3 is 10.1 Å². The van der Waals surface area contributed by atoms with Gasteiger partial charge >= 0.3 is 0 Å². The van der Waals surface area contributed by atoms with E-state index >= 15 is 0 Å². The summed E-state index contributed by atoms with van der Waals surface area (Å²) in [6, 6.07) is 0. The molecule has 4 heteroatoms. The Labute approximate surface area is 97.3 Å². The first-order valence-corrected chi connectivity index (χ1v) is 5.91. The van der Waals surface area contributed by atoms with Crippen molar-refractivity contribution in [3.63, 3.8) is 0 Å². The first kappa shape index (κ1) is 14.5. The Bertz CT molecular complexity index is 153. The Balaban J connectivity index is 3.63. The van der Waals surface area contributed by atoms with E-state index in [9.17, 15) is 0 Å². The van der Waals surface area contributed by atoms with Crippen molar-refractivity contribution in [2.24, 2.45) is 0 Å². The summed E-state index contributed by atoms with van der Waals surface area (Å²) in [6.45, 7) is 9.56. The van der Waals surface area contributed by atoms with Gasteiger partial charge in [-0.2, -0.15) is 0 Å². The van der Waals surface area contributed by atoms with Gasteiger partial charge in [0, 0.05) is 23.8 Å². The van der Waals surface area contributed by atoms with Gasteiger partial charge in [0.2, 0.25) is 0 Å². The molecule has 1 N–H and O–H groups in total. The summed E-state index contributed by atoms with van der Waals surface area (Å²) in [5, 5.41) is 3.28. The van der Waals surface area contributed by atoms with Crippen molar-refractivity contribution in [2.75, 3.05) is 24.9 Å². The lowest BCUT2D eigenvalue weighted by atomic mass is 10.1. The molecule has 0 amide bonds. The fraction of sp³-hybridized carbons (Fsp3) is 1.00. The van der Waals surface area contributed by atoms with E-state index in [0.717, 1.165) is 6.54 Å². The topological polar surface area (TPSA) is 21.3 Å². The van der Waals surface area contributed by atoms with Crippen LogP contribution in [0.25, 0.3) is 0 Å². The fourth-order valence-electron chi connectivity index (χ4n) is 0.840. The van der Waals surface area contributed by atoms with Crippen LogP contribution in [0.5, 0.6) is 0 Å². The summed E-state index contributed by atoms with van der Waals surface area (Å²) in [4.78, 5) is 0.